The second kappa shape index (κ2) is 7.16. The van der Waals surface area contributed by atoms with Crippen LogP contribution >= 0.6 is 11.6 Å². The number of hydrogen-bond donors (Lipinski definition) is 1. The van der Waals surface area contributed by atoms with Crippen LogP contribution in [0.2, 0.25) is 5.02 Å². The Balaban J connectivity index is 2.17. The van der Waals surface area contributed by atoms with Crippen molar-refractivity contribution in [2.24, 2.45) is 5.92 Å². The summed E-state index contributed by atoms with van der Waals surface area (Å²) < 4.78 is 0. The predicted molar refractivity (Wildman–Crippen MR) is 84.1 cm³/mol. The maximum atomic E-state index is 6.14. The molecule has 1 aliphatic rings. The summed E-state index contributed by atoms with van der Waals surface area (Å²) in [6, 6.07) is 6.31. The first-order valence-electron chi connectivity index (χ1n) is 7.48. The Kier molecular flexibility index (Phi) is 5.53. The smallest absolute Gasteiger partial charge is 0.0412 e. The Morgan fingerprint density at radius 1 is 1.37 bits per heavy atom. The summed E-state index contributed by atoms with van der Waals surface area (Å²) in [6.07, 6.45) is 3.97. The van der Waals surface area contributed by atoms with E-state index in [9.17, 15) is 0 Å². The predicted octanol–water partition coefficient (Wildman–Crippen LogP) is 4.08. The zero-order chi connectivity index (χ0) is 13.7. The molecule has 1 atom stereocenters. The quantitative estimate of drug-likeness (QED) is 0.874. The Morgan fingerprint density at radius 2 is 2.21 bits per heavy atom. The molecule has 1 saturated heterocycles. The van der Waals surface area contributed by atoms with Crippen LogP contribution in [0.1, 0.15) is 38.7 Å². The van der Waals surface area contributed by atoms with Crippen LogP contribution in [0.25, 0.3) is 0 Å². The van der Waals surface area contributed by atoms with Gasteiger partial charge in [-0.25, -0.2) is 0 Å². The van der Waals surface area contributed by atoms with Crippen LogP contribution in [-0.2, 0) is 6.54 Å². The molecule has 0 spiro atoms. The zero-order valence-corrected chi connectivity index (χ0v) is 12.8. The Labute approximate surface area is 122 Å². The maximum Gasteiger partial charge on any atom is 0.0412 e. The average Bonchev–Trinajstić information content (AvgIpc) is 2.45. The molecule has 2 rings (SSSR count). The molecule has 1 unspecified atom stereocenters. The molecule has 0 radical (unpaired) electrons. The molecule has 1 aromatic rings. The van der Waals surface area contributed by atoms with Crippen LogP contribution in [-0.4, -0.2) is 19.6 Å². The molecule has 2 nitrogen and oxygen atoms in total. The largest absolute Gasteiger partial charge is 0.371 e. The topological polar surface area (TPSA) is 15.3 Å². The van der Waals surface area contributed by atoms with Crippen molar-refractivity contribution in [1.29, 1.82) is 0 Å². The number of hydrogen-bond acceptors (Lipinski definition) is 2. The number of nitrogens with one attached hydrogen (secondary N) is 1. The average molecular weight is 281 g/mol. The van der Waals surface area contributed by atoms with Crippen LogP contribution in [0.4, 0.5) is 5.69 Å². The van der Waals surface area contributed by atoms with E-state index in [1.165, 1.54) is 43.6 Å². The first-order chi connectivity index (χ1) is 9.24. The lowest BCUT2D eigenvalue weighted by Crippen LogP contribution is -2.36. The summed E-state index contributed by atoms with van der Waals surface area (Å²) in [6.45, 7) is 8.70. The maximum absolute atomic E-state index is 6.14. The monoisotopic (exact) mass is 280 g/mol. The van der Waals surface area contributed by atoms with Gasteiger partial charge in [-0.2, -0.15) is 0 Å². The number of anilines is 1. The van der Waals surface area contributed by atoms with Gasteiger partial charge in [0.25, 0.3) is 0 Å². The molecule has 106 valence electrons. The van der Waals surface area contributed by atoms with Crippen molar-refractivity contribution in [1.82, 2.24) is 5.32 Å². The molecule has 1 fully saturated rings. The molecule has 1 heterocycles. The van der Waals surface area contributed by atoms with Gasteiger partial charge < -0.3 is 10.2 Å². The third kappa shape index (κ3) is 3.87. The minimum absolute atomic E-state index is 0.834. The first-order valence-corrected chi connectivity index (χ1v) is 7.86. The van der Waals surface area contributed by atoms with Gasteiger partial charge in [0.1, 0.15) is 0 Å². The Morgan fingerprint density at radius 3 is 2.95 bits per heavy atom. The number of rotatable bonds is 5. The van der Waals surface area contributed by atoms with Crippen LogP contribution in [0.3, 0.4) is 0 Å². The van der Waals surface area contributed by atoms with Gasteiger partial charge in [0.15, 0.2) is 0 Å². The van der Waals surface area contributed by atoms with Crippen molar-refractivity contribution >= 4 is 17.3 Å². The fourth-order valence-electron chi connectivity index (χ4n) is 2.88. The summed E-state index contributed by atoms with van der Waals surface area (Å²) in [4.78, 5) is 2.54. The summed E-state index contributed by atoms with van der Waals surface area (Å²) in [5.74, 6) is 0.844. The van der Waals surface area contributed by atoms with Crippen molar-refractivity contribution in [2.75, 3.05) is 24.5 Å². The van der Waals surface area contributed by atoms with E-state index in [-0.39, 0.29) is 0 Å². The standard InChI is InChI=1S/C16H25ClN2/c1-3-13-6-5-9-19(12-13)16-8-7-15(17)10-14(16)11-18-4-2/h7-8,10,13,18H,3-6,9,11-12H2,1-2H3. The normalized spacial score (nSPS) is 19.7. The lowest BCUT2D eigenvalue weighted by atomic mass is 9.94. The molecule has 0 aromatic heterocycles. The van der Waals surface area contributed by atoms with E-state index in [0.29, 0.717) is 0 Å². The molecule has 1 aromatic carbocycles. The van der Waals surface area contributed by atoms with Crippen LogP contribution in [0, 0.1) is 5.92 Å². The van der Waals surface area contributed by atoms with Crippen LogP contribution < -0.4 is 10.2 Å². The van der Waals surface area contributed by atoms with Crippen molar-refractivity contribution in [2.45, 2.75) is 39.7 Å². The third-order valence-electron chi connectivity index (χ3n) is 4.04. The van der Waals surface area contributed by atoms with Crippen molar-refractivity contribution in [3.8, 4) is 0 Å². The van der Waals surface area contributed by atoms with Gasteiger partial charge in [0.2, 0.25) is 0 Å². The second-order valence-corrected chi connectivity index (χ2v) is 5.85. The summed E-state index contributed by atoms with van der Waals surface area (Å²) in [5.41, 5.74) is 2.69. The highest BCUT2D eigenvalue weighted by Crippen LogP contribution is 2.29. The van der Waals surface area contributed by atoms with E-state index < -0.39 is 0 Å². The van der Waals surface area contributed by atoms with Crippen LogP contribution in [0.15, 0.2) is 18.2 Å². The summed E-state index contributed by atoms with van der Waals surface area (Å²) >= 11 is 6.14. The number of halogens is 1. The minimum Gasteiger partial charge on any atom is -0.371 e. The van der Waals surface area contributed by atoms with Gasteiger partial charge in [0, 0.05) is 30.3 Å². The zero-order valence-electron chi connectivity index (χ0n) is 12.1. The molecule has 0 amide bonds. The van der Waals surface area contributed by atoms with E-state index in [0.717, 1.165) is 24.0 Å². The molecule has 3 heteroatoms. The molecular formula is C16H25ClN2. The molecular weight excluding hydrogens is 256 g/mol. The third-order valence-corrected chi connectivity index (χ3v) is 4.28. The van der Waals surface area contributed by atoms with Crippen molar-refractivity contribution in [3.05, 3.63) is 28.8 Å². The fourth-order valence-corrected chi connectivity index (χ4v) is 3.08. The van der Waals surface area contributed by atoms with Crippen molar-refractivity contribution < 1.29 is 0 Å². The summed E-state index contributed by atoms with van der Waals surface area (Å²) in [5, 5.41) is 4.25. The van der Waals surface area contributed by atoms with Gasteiger partial charge >= 0.3 is 0 Å². The lowest BCUT2D eigenvalue weighted by Gasteiger charge is -2.35. The lowest BCUT2D eigenvalue weighted by molar-refractivity contribution is 0.404. The fraction of sp³-hybridized carbons (Fsp3) is 0.625. The van der Waals surface area contributed by atoms with Gasteiger partial charge in [0.05, 0.1) is 0 Å². The minimum atomic E-state index is 0.834. The highest BCUT2D eigenvalue weighted by atomic mass is 35.5. The SMILES string of the molecule is CCNCc1cc(Cl)ccc1N1CCCC(CC)C1. The Hall–Kier alpha value is -0.730. The number of benzene rings is 1. The summed E-state index contributed by atoms with van der Waals surface area (Å²) in [7, 11) is 0. The number of nitrogens with zero attached hydrogens (tertiary/aromatic N) is 1. The van der Waals surface area contributed by atoms with Crippen LogP contribution in [0.5, 0.6) is 0 Å². The Bertz CT molecular complexity index is 406. The van der Waals surface area contributed by atoms with Gasteiger partial charge in [-0.05, 0) is 49.1 Å². The first kappa shape index (κ1) is 14.7. The molecule has 0 bridgehead atoms. The molecule has 19 heavy (non-hydrogen) atoms. The van der Waals surface area contributed by atoms with E-state index in [4.69, 9.17) is 11.6 Å². The molecule has 0 aliphatic carbocycles. The highest BCUT2D eigenvalue weighted by Gasteiger charge is 2.20. The second-order valence-electron chi connectivity index (χ2n) is 5.42. The van der Waals surface area contributed by atoms with Gasteiger partial charge in [-0.1, -0.05) is 31.9 Å². The van der Waals surface area contributed by atoms with E-state index in [1.54, 1.807) is 0 Å². The van der Waals surface area contributed by atoms with Gasteiger partial charge in [-0.15, -0.1) is 0 Å². The van der Waals surface area contributed by atoms with Gasteiger partial charge in [-0.3, -0.25) is 0 Å². The molecule has 0 saturated carbocycles. The van der Waals surface area contributed by atoms with E-state index in [2.05, 4.69) is 36.2 Å². The van der Waals surface area contributed by atoms with E-state index >= 15 is 0 Å². The number of piperidine rings is 1. The van der Waals surface area contributed by atoms with E-state index in [1.807, 2.05) is 6.07 Å². The molecule has 1 N–H and O–H groups in total. The molecule has 1 aliphatic heterocycles. The highest BCUT2D eigenvalue weighted by molar-refractivity contribution is 6.30. The van der Waals surface area contributed by atoms with Crippen molar-refractivity contribution in [3.63, 3.8) is 0 Å².